The van der Waals surface area contributed by atoms with Gasteiger partial charge in [0.25, 0.3) is 0 Å². The Morgan fingerprint density at radius 1 is 0.632 bits per heavy atom. The summed E-state index contributed by atoms with van der Waals surface area (Å²) in [6.45, 7) is 13.4. The normalized spacial score (nSPS) is 13.2. The first kappa shape index (κ1) is 34.6. The number of carbonyl (C=O) groups excluding carboxylic acids is 6. The van der Waals surface area contributed by atoms with Crippen LogP contribution in [0.3, 0.4) is 0 Å². The summed E-state index contributed by atoms with van der Waals surface area (Å²) in [4.78, 5) is 73.0. The van der Waals surface area contributed by atoms with E-state index < -0.39 is 59.0 Å². The van der Waals surface area contributed by atoms with Crippen LogP contribution >= 0.6 is 0 Å². The zero-order valence-electron chi connectivity index (χ0n) is 23.6. The maximum absolute atomic E-state index is 12.3. The van der Waals surface area contributed by atoms with Crippen molar-refractivity contribution in [3.05, 3.63) is 12.2 Å². The van der Waals surface area contributed by atoms with Gasteiger partial charge in [-0.25, -0.2) is 19.2 Å². The lowest BCUT2D eigenvalue weighted by molar-refractivity contribution is -0.146. The monoisotopic (exact) mass is 542 g/mol. The molecule has 0 aromatic heterocycles. The van der Waals surface area contributed by atoms with Gasteiger partial charge >= 0.3 is 24.1 Å². The molecular formula is C26H42N2O10. The van der Waals surface area contributed by atoms with Crippen molar-refractivity contribution in [3.8, 4) is 0 Å². The molecule has 0 aliphatic rings. The van der Waals surface area contributed by atoms with E-state index >= 15 is 0 Å². The summed E-state index contributed by atoms with van der Waals surface area (Å²) in [6, 6.07) is -2.22. The van der Waals surface area contributed by atoms with Crippen LogP contribution in [0.1, 0.15) is 81.1 Å². The van der Waals surface area contributed by atoms with Gasteiger partial charge < -0.3 is 29.6 Å². The fourth-order valence-electron chi connectivity index (χ4n) is 2.81. The van der Waals surface area contributed by atoms with E-state index in [0.717, 1.165) is 12.2 Å². The quantitative estimate of drug-likeness (QED) is 0.189. The summed E-state index contributed by atoms with van der Waals surface area (Å²) in [5.41, 5.74) is -1.56. The molecule has 0 spiro atoms. The number of rotatable bonds is 14. The summed E-state index contributed by atoms with van der Waals surface area (Å²) in [5, 5.41) is 4.79. The molecule has 0 unspecified atom stereocenters. The molecule has 12 nitrogen and oxygen atoms in total. The van der Waals surface area contributed by atoms with Crippen LogP contribution in [0.4, 0.5) is 9.59 Å². The van der Waals surface area contributed by atoms with E-state index in [-0.39, 0.29) is 38.9 Å². The molecule has 0 heterocycles. The predicted octanol–water partition coefficient (Wildman–Crippen LogP) is 3.15. The smallest absolute Gasteiger partial charge is 0.408 e. The van der Waals surface area contributed by atoms with Crippen molar-refractivity contribution in [1.29, 1.82) is 0 Å². The molecule has 0 bridgehead atoms. The Morgan fingerprint density at radius 3 is 1.21 bits per heavy atom. The number of hydrogen-bond acceptors (Lipinski definition) is 10. The summed E-state index contributed by atoms with van der Waals surface area (Å²) >= 11 is 0. The molecule has 0 radical (unpaired) electrons. The van der Waals surface area contributed by atoms with Crippen molar-refractivity contribution in [1.82, 2.24) is 10.6 Å². The molecule has 0 fully saturated rings. The molecule has 0 aliphatic carbocycles. The molecule has 12 heteroatoms. The van der Waals surface area contributed by atoms with E-state index in [0.29, 0.717) is 0 Å². The van der Waals surface area contributed by atoms with E-state index in [2.05, 4.69) is 10.6 Å². The SMILES string of the molecule is CCOC(=O)[C@H](CCC(=O)/C=C\C(=O)CC[C@H](NC(=O)OC(C)(C)C)C(=O)OCC)NC(=O)OC(C)(C)C. The number of esters is 2. The van der Waals surface area contributed by atoms with Gasteiger partial charge in [0.2, 0.25) is 0 Å². The lowest BCUT2D eigenvalue weighted by Gasteiger charge is -2.22. The van der Waals surface area contributed by atoms with E-state index in [1.807, 2.05) is 0 Å². The van der Waals surface area contributed by atoms with Gasteiger partial charge in [-0.15, -0.1) is 0 Å². The molecule has 2 N–H and O–H groups in total. The van der Waals surface area contributed by atoms with Gasteiger partial charge in [-0.05, 0) is 80.4 Å². The average Bonchev–Trinajstić information content (AvgIpc) is 2.75. The van der Waals surface area contributed by atoms with Crippen molar-refractivity contribution in [3.63, 3.8) is 0 Å². The van der Waals surface area contributed by atoms with Gasteiger partial charge in [-0.3, -0.25) is 9.59 Å². The van der Waals surface area contributed by atoms with Gasteiger partial charge in [-0.1, -0.05) is 0 Å². The molecule has 0 aromatic rings. The number of allylic oxidation sites excluding steroid dienone is 2. The Morgan fingerprint density at radius 2 is 0.947 bits per heavy atom. The second-order valence-corrected chi connectivity index (χ2v) is 10.2. The zero-order chi connectivity index (χ0) is 29.5. The van der Waals surface area contributed by atoms with Crippen molar-refractivity contribution in [2.24, 2.45) is 0 Å². The minimum atomic E-state index is -1.11. The molecule has 0 aromatic carbocycles. The molecule has 2 atom stereocenters. The van der Waals surface area contributed by atoms with E-state index in [1.54, 1.807) is 55.4 Å². The van der Waals surface area contributed by atoms with Crippen LogP contribution in [0.2, 0.25) is 0 Å². The lowest BCUT2D eigenvalue weighted by Crippen LogP contribution is -2.44. The lowest BCUT2D eigenvalue weighted by atomic mass is 10.1. The molecule has 0 saturated heterocycles. The van der Waals surface area contributed by atoms with Crippen molar-refractivity contribution < 1.29 is 47.7 Å². The van der Waals surface area contributed by atoms with E-state index in [9.17, 15) is 28.8 Å². The third-order valence-corrected chi connectivity index (χ3v) is 4.34. The highest BCUT2D eigenvalue weighted by molar-refractivity contribution is 5.99. The Labute approximate surface area is 224 Å². The highest BCUT2D eigenvalue weighted by Gasteiger charge is 2.27. The number of nitrogens with one attached hydrogen (secondary N) is 2. The van der Waals surface area contributed by atoms with Gasteiger partial charge in [-0.2, -0.15) is 0 Å². The average molecular weight is 543 g/mol. The highest BCUT2D eigenvalue weighted by Crippen LogP contribution is 2.10. The van der Waals surface area contributed by atoms with Crippen LogP contribution in [0.5, 0.6) is 0 Å². The van der Waals surface area contributed by atoms with Gasteiger partial charge in [0, 0.05) is 12.8 Å². The van der Waals surface area contributed by atoms with Crippen LogP contribution in [-0.2, 0) is 38.1 Å². The minimum Gasteiger partial charge on any atom is -0.464 e. The molecule has 2 amide bonds. The van der Waals surface area contributed by atoms with E-state index in [1.165, 1.54) is 0 Å². The number of carbonyl (C=O) groups is 6. The summed E-state index contributed by atoms with van der Waals surface area (Å²) in [6.07, 6.45) is -0.00373. The highest BCUT2D eigenvalue weighted by atomic mass is 16.6. The second-order valence-electron chi connectivity index (χ2n) is 10.2. The first-order valence-corrected chi connectivity index (χ1v) is 12.5. The fraction of sp³-hybridized carbons (Fsp3) is 0.692. The number of amides is 2. The molecule has 0 saturated carbocycles. The predicted molar refractivity (Wildman–Crippen MR) is 137 cm³/mol. The molecule has 216 valence electrons. The summed E-state index contributed by atoms with van der Waals surface area (Å²) in [5.74, 6) is -2.36. The Bertz CT molecular complexity index is 798. The second kappa shape index (κ2) is 16.4. The Balaban J connectivity index is 4.98. The maximum atomic E-state index is 12.3. The third-order valence-electron chi connectivity index (χ3n) is 4.34. The number of hydrogen-bond donors (Lipinski definition) is 2. The van der Waals surface area contributed by atoms with Crippen LogP contribution in [0.15, 0.2) is 12.2 Å². The first-order chi connectivity index (χ1) is 17.5. The van der Waals surface area contributed by atoms with Crippen LogP contribution in [0, 0.1) is 0 Å². The Kier molecular flexibility index (Phi) is 14.9. The molecule has 0 aliphatic heterocycles. The molecule has 38 heavy (non-hydrogen) atoms. The largest absolute Gasteiger partial charge is 0.464 e. The van der Waals surface area contributed by atoms with Crippen LogP contribution < -0.4 is 10.6 Å². The fourth-order valence-corrected chi connectivity index (χ4v) is 2.81. The topological polar surface area (TPSA) is 163 Å². The van der Waals surface area contributed by atoms with Crippen molar-refractivity contribution in [2.75, 3.05) is 13.2 Å². The standard InChI is InChI=1S/C26H42N2O10/c1-9-35-21(31)19(27-23(33)37-25(3,4)5)15-13-17(29)11-12-18(30)14-16-20(22(32)36-10-2)28-24(34)38-26(6,7)8/h11-12,19-20H,9-10,13-16H2,1-8H3,(H,27,33)(H,28,34)/b12-11-/t19-,20-/m0/s1. The molecule has 0 rings (SSSR count). The zero-order valence-corrected chi connectivity index (χ0v) is 23.6. The minimum absolute atomic E-state index is 0.0693. The van der Waals surface area contributed by atoms with Crippen molar-refractivity contribution >= 4 is 35.7 Å². The third kappa shape index (κ3) is 17.1. The van der Waals surface area contributed by atoms with Crippen LogP contribution in [-0.4, -0.2) is 72.2 Å². The van der Waals surface area contributed by atoms with Gasteiger partial charge in [0.05, 0.1) is 13.2 Å². The van der Waals surface area contributed by atoms with Crippen molar-refractivity contribution in [2.45, 2.75) is 104 Å². The maximum Gasteiger partial charge on any atom is 0.408 e. The van der Waals surface area contributed by atoms with Gasteiger partial charge in [0.15, 0.2) is 11.6 Å². The first-order valence-electron chi connectivity index (χ1n) is 12.5. The summed E-state index contributed by atoms with van der Waals surface area (Å²) < 4.78 is 20.2. The molecular weight excluding hydrogens is 500 g/mol. The Hall–Kier alpha value is -3.44. The number of ketones is 2. The summed E-state index contributed by atoms with van der Waals surface area (Å²) in [7, 11) is 0. The van der Waals surface area contributed by atoms with Gasteiger partial charge in [0.1, 0.15) is 23.3 Å². The van der Waals surface area contributed by atoms with E-state index in [4.69, 9.17) is 18.9 Å². The van der Waals surface area contributed by atoms with Crippen LogP contribution in [0.25, 0.3) is 0 Å². The number of alkyl carbamates (subject to hydrolysis) is 2. The number of ether oxygens (including phenoxy) is 4.